The predicted octanol–water partition coefficient (Wildman–Crippen LogP) is 1.41. The minimum Gasteiger partial charge on any atom is -0.396 e. The molecule has 0 aliphatic rings. The van der Waals surface area contributed by atoms with Crippen molar-refractivity contribution in [2.75, 3.05) is 33.0 Å². The van der Waals surface area contributed by atoms with Crippen molar-refractivity contribution in [3.8, 4) is 0 Å². The zero-order chi connectivity index (χ0) is 18.0. The van der Waals surface area contributed by atoms with Crippen LogP contribution >= 0.6 is 0 Å². The summed E-state index contributed by atoms with van der Waals surface area (Å²) >= 11 is 0. The van der Waals surface area contributed by atoms with Crippen LogP contribution in [0.1, 0.15) is 54.4 Å². The summed E-state index contributed by atoms with van der Waals surface area (Å²) < 4.78 is 0. The van der Waals surface area contributed by atoms with Crippen molar-refractivity contribution < 1.29 is 25.5 Å². The van der Waals surface area contributed by atoms with Crippen molar-refractivity contribution in [3.63, 3.8) is 0 Å². The number of rotatable bonds is 8. The number of aliphatic hydroxyl groups excluding tert-OH is 5. The van der Waals surface area contributed by atoms with Gasteiger partial charge in [-0.1, -0.05) is 41.5 Å². The van der Waals surface area contributed by atoms with E-state index in [1.54, 1.807) is 0 Å². The van der Waals surface area contributed by atoms with Crippen LogP contribution in [0, 0.1) is 22.2 Å². The largest absolute Gasteiger partial charge is 0.396 e. The van der Waals surface area contributed by atoms with Gasteiger partial charge in [0.15, 0.2) is 0 Å². The van der Waals surface area contributed by atoms with Gasteiger partial charge >= 0.3 is 0 Å². The molecule has 0 atom stereocenters. The Hall–Kier alpha value is -0.200. The molecular weight excluding hydrogens is 284 g/mol. The third-order valence-corrected chi connectivity index (χ3v) is 3.57. The van der Waals surface area contributed by atoms with Crippen LogP contribution in [-0.2, 0) is 0 Å². The SMILES string of the molecule is CC(C)(C)CC(C)(CO)CO.CC(C)CC(CO)(CO)CO. The van der Waals surface area contributed by atoms with E-state index in [0.29, 0.717) is 12.3 Å². The minimum atomic E-state index is -0.686. The first-order chi connectivity index (χ1) is 9.93. The highest BCUT2D eigenvalue weighted by molar-refractivity contribution is 4.79. The second-order valence-electron chi connectivity index (χ2n) is 8.44. The lowest BCUT2D eigenvalue weighted by Gasteiger charge is -2.32. The molecule has 0 saturated carbocycles. The number of aliphatic hydroxyl groups is 5. The summed E-state index contributed by atoms with van der Waals surface area (Å²) in [4.78, 5) is 0. The summed E-state index contributed by atoms with van der Waals surface area (Å²) in [5, 5.41) is 44.7. The first-order valence-corrected chi connectivity index (χ1v) is 7.97. The van der Waals surface area contributed by atoms with Crippen molar-refractivity contribution in [1.29, 1.82) is 0 Å². The van der Waals surface area contributed by atoms with E-state index in [1.165, 1.54) is 0 Å². The van der Waals surface area contributed by atoms with Crippen molar-refractivity contribution in [2.24, 2.45) is 22.2 Å². The summed E-state index contributed by atoms with van der Waals surface area (Å²) in [6.07, 6.45) is 1.49. The van der Waals surface area contributed by atoms with E-state index in [1.807, 2.05) is 20.8 Å². The van der Waals surface area contributed by atoms with Crippen molar-refractivity contribution in [3.05, 3.63) is 0 Å². The zero-order valence-electron chi connectivity index (χ0n) is 15.3. The second kappa shape index (κ2) is 10.6. The fourth-order valence-electron chi connectivity index (χ4n) is 2.65. The third-order valence-electron chi connectivity index (χ3n) is 3.57. The van der Waals surface area contributed by atoms with E-state index >= 15 is 0 Å². The molecular formula is C17H38O5. The second-order valence-corrected chi connectivity index (χ2v) is 8.44. The zero-order valence-corrected chi connectivity index (χ0v) is 15.3. The van der Waals surface area contributed by atoms with Gasteiger partial charge in [0.2, 0.25) is 0 Å². The molecule has 136 valence electrons. The minimum absolute atomic E-state index is 0.0563. The highest BCUT2D eigenvalue weighted by atomic mass is 16.3. The molecule has 0 aromatic heterocycles. The van der Waals surface area contributed by atoms with E-state index in [-0.39, 0.29) is 43.9 Å². The summed E-state index contributed by atoms with van der Waals surface area (Å²) in [6.45, 7) is 11.9. The molecule has 0 bridgehead atoms. The van der Waals surface area contributed by atoms with Crippen LogP contribution in [0.4, 0.5) is 0 Å². The van der Waals surface area contributed by atoms with Crippen LogP contribution in [0.3, 0.4) is 0 Å². The van der Waals surface area contributed by atoms with Gasteiger partial charge in [0.05, 0.1) is 33.0 Å². The van der Waals surface area contributed by atoms with E-state index in [2.05, 4.69) is 20.8 Å². The molecule has 5 heteroatoms. The van der Waals surface area contributed by atoms with Crippen LogP contribution in [-0.4, -0.2) is 58.6 Å². The van der Waals surface area contributed by atoms with Gasteiger partial charge < -0.3 is 25.5 Å². The number of hydrogen-bond donors (Lipinski definition) is 5. The Labute approximate surface area is 136 Å². The van der Waals surface area contributed by atoms with Crippen molar-refractivity contribution in [1.82, 2.24) is 0 Å². The van der Waals surface area contributed by atoms with Crippen LogP contribution in [0.15, 0.2) is 0 Å². The Bertz CT molecular complexity index is 254. The van der Waals surface area contributed by atoms with Gasteiger partial charge in [-0.3, -0.25) is 0 Å². The maximum Gasteiger partial charge on any atom is 0.0531 e. The van der Waals surface area contributed by atoms with Crippen LogP contribution in [0.2, 0.25) is 0 Å². The molecule has 0 aromatic rings. The van der Waals surface area contributed by atoms with Gasteiger partial charge in [0, 0.05) is 10.8 Å². The first-order valence-electron chi connectivity index (χ1n) is 7.97. The highest BCUT2D eigenvalue weighted by Crippen LogP contribution is 2.32. The summed E-state index contributed by atoms with van der Waals surface area (Å²) in [6, 6.07) is 0. The molecule has 0 aliphatic heterocycles. The summed E-state index contributed by atoms with van der Waals surface area (Å²) in [5.41, 5.74) is -0.841. The average Bonchev–Trinajstić information content (AvgIpc) is 2.43. The van der Waals surface area contributed by atoms with Gasteiger partial charge in [-0.15, -0.1) is 0 Å². The smallest absolute Gasteiger partial charge is 0.0531 e. The third kappa shape index (κ3) is 10.5. The Morgan fingerprint density at radius 3 is 1.14 bits per heavy atom. The van der Waals surface area contributed by atoms with E-state index in [4.69, 9.17) is 25.5 Å². The normalized spacial score (nSPS) is 13.1. The monoisotopic (exact) mass is 322 g/mol. The molecule has 0 radical (unpaired) electrons. The fourth-order valence-corrected chi connectivity index (χ4v) is 2.65. The lowest BCUT2D eigenvalue weighted by molar-refractivity contribution is -0.00897. The molecule has 0 unspecified atom stereocenters. The van der Waals surface area contributed by atoms with Gasteiger partial charge in [-0.2, -0.15) is 0 Å². The number of hydrogen-bond acceptors (Lipinski definition) is 5. The highest BCUT2D eigenvalue weighted by Gasteiger charge is 2.29. The molecule has 0 aromatic carbocycles. The molecule has 0 aliphatic carbocycles. The maximum absolute atomic E-state index is 8.99. The first kappa shape index (κ1) is 24.1. The predicted molar refractivity (Wildman–Crippen MR) is 89.5 cm³/mol. The lowest BCUT2D eigenvalue weighted by atomic mass is 9.76. The summed E-state index contributed by atoms with van der Waals surface area (Å²) in [7, 11) is 0. The maximum atomic E-state index is 8.99. The standard InChI is InChI=1S/C9H20O2.C8H18O3/c1-8(2,3)5-9(4,6-10)7-11;1-7(2)3-8(4-9,5-10)6-11/h10-11H,5-7H2,1-4H3;7,9-11H,3-6H2,1-2H3. The van der Waals surface area contributed by atoms with Crippen molar-refractivity contribution in [2.45, 2.75) is 54.4 Å². The molecule has 0 heterocycles. The van der Waals surface area contributed by atoms with Gasteiger partial charge in [0.25, 0.3) is 0 Å². The quantitative estimate of drug-likeness (QED) is 0.465. The fraction of sp³-hybridized carbons (Fsp3) is 1.00. The van der Waals surface area contributed by atoms with Crippen LogP contribution in [0.25, 0.3) is 0 Å². The Balaban J connectivity index is 0. The van der Waals surface area contributed by atoms with E-state index in [9.17, 15) is 0 Å². The molecule has 5 nitrogen and oxygen atoms in total. The van der Waals surface area contributed by atoms with Crippen LogP contribution < -0.4 is 0 Å². The van der Waals surface area contributed by atoms with Crippen LogP contribution in [0.5, 0.6) is 0 Å². The van der Waals surface area contributed by atoms with E-state index < -0.39 is 5.41 Å². The van der Waals surface area contributed by atoms with Gasteiger partial charge in [-0.05, 0) is 24.2 Å². The average molecular weight is 322 g/mol. The van der Waals surface area contributed by atoms with E-state index in [0.717, 1.165) is 6.42 Å². The van der Waals surface area contributed by atoms with Gasteiger partial charge in [0.1, 0.15) is 0 Å². The topological polar surface area (TPSA) is 101 Å². The Morgan fingerprint density at radius 2 is 1.05 bits per heavy atom. The molecule has 5 N–H and O–H groups in total. The molecule has 0 amide bonds. The Morgan fingerprint density at radius 1 is 0.682 bits per heavy atom. The molecule has 0 rings (SSSR count). The molecule has 22 heavy (non-hydrogen) atoms. The van der Waals surface area contributed by atoms with Gasteiger partial charge in [-0.25, -0.2) is 0 Å². The Kier molecular flexibility index (Phi) is 11.5. The lowest BCUT2D eigenvalue weighted by Crippen LogP contribution is -2.35. The molecule has 0 saturated heterocycles. The summed E-state index contributed by atoms with van der Waals surface area (Å²) in [5.74, 6) is 0.376. The molecule has 0 spiro atoms. The molecule has 0 fully saturated rings. The van der Waals surface area contributed by atoms with Crippen molar-refractivity contribution >= 4 is 0 Å².